The van der Waals surface area contributed by atoms with Crippen LogP contribution < -0.4 is 10.1 Å². The van der Waals surface area contributed by atoms with Crippen LogP contribution in [0, 0.1) is 4.77 Å². The van der Waals surface area contributed by atoms with E-state index in [0.29, 0.717) is 22.7 Å². The van der Waals surface area contributed by atoms with E-state index in [-0.39, 0.29) is 18.2 Å². The average molecular weight is 292 g/mol. The molecule has 8 heteroatoms. The first-order chi connectivity index (χ1) is 9.60. The minimum Gasteiger partial charge on any atom is -0.481 e. The maximum Gasteiger partial charge on any atom is 0.249 e. The lowest BCUT2D eigenvalue weighted by Crippen LogP contribution is -2.41. The number of nitrogens with one attached hydrogen (secondary N) is 2. The quantitative estimate of drug-likeness (QED) is 0.638. The van der Waals surface area contributed by atoms with Gasteiger partial charge in [-0.1, -0.05) is 0 Å². The van der Waals surface area contributed by atoms with Crippen LogP contribution in [-0.4, -0.2) is 33.5 Å². The van der Waals surface area contributed by atoms with E-state index in [1.807, 2.05) is 0 Å². The van der Waals surface area contributed by atoms with Crippen LogP contribution in [0.15, 0.2) is 12.1 Å². The molecule has 0 bridgehead atoms. The number of ether oxygens (including phenoxy) is 1. The topological polar surface area (TPSA) is 89.0 Å². The van der Waals surface area contributed by atoms with E-state index in [1.54, 1.807) is 16.7 Å². The van der Waals surface area contributed by atoms with Crippen LogP contribution >= 0.6 is 12.2 Å². The maximum atomic E-state index is 12.0. The number of carbonyl (C=O) groups is 2. The standard InChI is InChI=1S/C12H12N4O3S/c1-19-9-5-2-6-10(15-9)16(12(20)13-6)7-3-4-8(17)14-11(7)18/h2,5,7H,3-4H2,1H3,(H,13,20)(H,14,17,18). The highest BCUT2D eigenvalue weighted by Gasteiger charge is 2.30. The van der Waals surface area contributed by atoms with E-state index >= 15 is 0 Å². The molecule has 3 rings (SSSR count). The van der Waals surface area contributed by atoms with Crippen LogP contribution in [0.1, 0.15) is 18.9 Å². The molecular weight excluding hydrogens is 280 g/mol. The van der Waals surface area contributed by atoms with Gasteiger partial charge in [-0.25, -0.2) is 0 Å². The Hall–Kier alpha value is -2.22. The van der Waals surface area contributed by atoms with Gasteiger partial charge in [0.15, 0.2) is 10.4 Å². The summed E-state index contributed by atoms with van der Waals surface area (Å²) in [5.41, 5.74) is 1.27. The molecule has 0 saturated carbocycles. The SMILES string of the molecule is COc1ccc2[nH]c(=S)n(C3CCC(=O)NC3=O)c2n1. The molecule has 2 aromatic heterocycles. The van der Waals surface area contributed by atoms with Crippen molar-refractivity contribution in [3.05, 3.63) is 16.9 Å². The van der Waals surface area contributed by atoms with Gasteiger partial charge < -0.3 is 9.72 Å². The van der Waals surface area contributed by atoms with Crippen molar-refractivity contribution in [1.29, 1.82) is 0 Å². The predicted molar refractivity (Wildman–Crippen MR) is 72.9 cm³/mol. The second-order valence-electron chi connectivity index (χ2n) is 4.49. The molecule has 0 aliphatic carbocycles. The molecule has 2 amide bonds. The fourth-order valence-corrected chi connectivity index (χ4v) is 2.64. The number of hydrogen-bond donors (Lipinski definition) is 2. The molecule has 3 heterocycles. The van der Waals surface area contributed by atoms with Gasteiger partial charge in [-0.3, -0.25) is 19.5 Å². The van der Waals surface area contributed by atoms with Crippen molar-refractivity contribution in [2.75, 3.05) is 7.11 Å². The molecule has 1 fully saturated rings. The zero-order valence-electron chi connectivity index (χ0n) is 10.7. The average Bonchev–Trinajstić information content (AvgIpc) is 2.74. The van der Waals surface area contributed by atoms with E-state index in [9.17, 15) is 9.59 Å². The lowest BCUT2D eigenvalue weighted by molar-refractivity contribution is -0.135. The number of H-pyrrole nitrogens is 1. The summed E-state index contributed by atoms with van der Waals surface area (Å²) < 4.78 is 7.12. The Morgan fingerprint density at radius 3 is 2.95 bits per heavy atom. The summed E-state index contributed by atoms with van der Waals surface area (Å²) in [6, 6.07) is 2.97. The third-order valence-electron chi connectivity index (χ3n) is 3.27. The van der Waals surface area contributed by atoms with E-state index < -0.39 is 6.04 Å². The molecular formula is C12H12N4O3S. The third-order valence-corrected chi connectivity index (χ3v) is 3.57. The highest BCUT2D eigenvalue weighted by atomic mass is 32.1. The number of pyridine rings is 1. The van der Waals surface area contributed by atoms with Gasteiger partial charge in [0.2, 0.25) is 17.7 Å². The van der Waals surface area contributed by atoms with E-state index in [2.05, 4.69) is 15.3 Å². The van der Waals surface area contributed by atoms with Crippen molar-refractivity contribution in [3.63, 3.8) is 0 Å². The number of imidazole rings is 1. The largest absolute Gasteiger partial charge is 0.481 e. The predicted octanol–water partition coefficient (Wildman–Crippen LogP) is 1.08. The summed E-state index contributed by atoms with van der Waals surface area (Å²) >= 11 is 5.26. The van der Waals surface area contributed by atoms with Crippen molar-refractivity contribution >= 4 is 35.2 Å². The molecule has 1 aliphatic heterocycles. The van der Waals surface area contributed by atoms with Gasteiger partial charge in [-0.15, -0.1) is 0 Å². The Labute approximate surface area is 119 Å². The number of hydrogen-bond acceptors (Lipinski definition) is 5. The smallest absolute Gasteiger partial charge is 0.249 e. The second-order valence-corrected chi connectivity index (χ2v) is 4.88. The van der Waals surface area contributed by atoms with Crippen molar-refractivity contribution in [2.24, 2.45) is 0 Å². The number of imide groups is 1. The summed E-state index contributed by atoms with van der Waals surface area (Å²) in [5.74, 6) is -0.182. The summed E-state index contributed by atoms with van der Waals surface area (Å²) in [6.07, 6.45) is 0.694. The minimum atomic E-state index is -0.534. The number of methoxy groups -OCH3 is 1. The number of nitrogens with zero attached hydrogens (tertiary/aromatic N) is 2. The monoisotopic (exact) mass is 292 g/mol. The summed E-state index contributed by atoms with van der Waals surface area (Å²) in [6.45, 7) is 0. The van der Waals surface area contributed by atoms with Crippen molar-refractivity contribution in [3.8, 4) is 5.88 Å². The first-order valence-electron chi connectivity index (χ1n) is 6.09. The second kappa shape index (κ2) is 4.71. The van der Waals surface area contributed by atoms with Crippen LogP contribution in [0.5, 0.6) is 5.88 Å². The Morgan fingerprint density at radius 1 is 1.45 bits per heavy atom. The van der Waals surface area contributed by atoms with E-state index in [4.69, 9.17) is 17.0 Å². The molecule has 2 aromatic rings. The molecule has 1 unspecified atom stereocenters. The number of amides is 2. The molecule has 0 spiro atoms. The van der Waals surface area contributed by atoms with Crippen LogP contribution in [0.25, 0.3) is 11.2 Å². The van der Waals surface area contributed by atoms with Crippen molar-refractivity contribution in [2.45, 2.75) is 18.9 Å². The van der Waals surface area contributed by atoms with Crippen molar-refractivity contribution in [1.82, 2.24) is 19.9 Å². The normalized spacial score (nSPS) is 19.1. The van der Waals surface area contributed by atoms with Gasteiger partial charge >= 0.3 is 0 Å². The summed E-state index contributed by atoms with van der Waals surface area (Å²) in [7, 11) is 1.52. The fraction of sp³-hybridized carbons (Fsp3) is 0.333. The summed E-state index contributed by atoms with van der Waals surface area (Å²) in [4.78, 5) is 30.5. The Kier molecular flexibility index (Phi) is 3.01. The molecule has 2 N–H and O–H groups in total. The third kappa shape index (κ3) is 1.97. The molecule has 1 atom stereocenters. The Bertz CT molecular complexity index is 764. The number of carbonyl (C=O) groups excluding carboxylic acids is 2. The van der Waals surface area contributed by atoms with Crippen LogP contribution in [-0.2, 0) is 9.59 Å². The molecule has 7 nitrogen and oxygen atoms in total. The van der Waals surface area contributed by atoms with Gasteiger partial charge in [-0.05, 0) is 24.7 Å². The number of piperidine rings is 1. The zero-order chi connectivity index (χ0) is 14.3. The van der Waals surface area contributed by atoms with E-state index in [1.165, 1.54) is 7.11 Å². The summed E-state index contributed by atoms with van der Waals surface area (Å²) in [5, 5.41) is 2.32. The number of rotatable bonds is 2. The lowest BCUT2D eigenvalue weighted by Gasteiger charge is -2.22. The molecule has 20 heavy (non-hydrogen) atoms. The Balaban J connectivity index is 2.15. The van der Waals surface area contributed by atoms with Gasteiger partial charge in [0.25, 0.3) is 0 Å². The van der Waals surface area contributed by atoms with Gasteiger partial charge in [0.05, 0.1) is 12.6 Å². The molecule has 0 radical (unpaired) electrons. The van der Waals surface area contributed by atoms with Gasteiger partial charge in [0.1, 0.15) is 6.04 Å². The van der Waals surface area contributed by atoms with Crippen LogP contribution in [0.2, 0.25) is 0 Å². The number of fused-ring (bicyclic) bond motifs is 1. The molecule has 104 valence electrons. The zero-order valence-corrected chi connectivity index (χ0v) is 11.5. The van der Waals surface area contributed by atoms with Crippen molar-refractivity contribution < 1.29 is 14.3 Å². The Morgan fingerprint density at radius 2 is 2.25 bits per heavy atom. The molecule has 0 aromatic carbocycles. The highest BCUT2D eigenvalue weighted by Crippen LogP contribution is 2.25. The van der Waals surface area contributed by atoms with Crippen LogP contribution in [0.3, 0.4) is 0 Å². The first kappa shape index (κ1) is 12.8. The maximum absolute atomic E-state index is 12.0. The van der Waals surface area contributed by atoms with Gasteiger partial charge in [-0.2, -0.15) is 4.98 Å². The van der Waals surface area contributed by atoms with Gasteiger partial charge in [0, 0.05) is 12.5 Å². The molecule has 1 aliphatic rings. The van der Waals surface area contributed by atoms with Crippen LogP contribution in [0.4, 0.5) is 0 Å². The number of aromatic amines is 1. The lowest BCUT2D eigenvalue weighted by atomic mass is 10.1. The minimum absolute atomic E-state index is 0.261. The number of aromatic nitrogens is 3. The molecule has 1 saturated heterocycles. The highest BCUT2D eigenvalue weighted by molar-refractivity contribution is 7.71. The van der Waals surface area contributed by atoms with E-state index in [0.717, 1.165) is 5.52 Å². The fourth-order valence-electron chi connectivity index (χ4n) is 2.32. The first-order valence-corrected chi connectivity index (χ1v) is 6.50.